The third kappa shape index (κ3) is 1.76. The van der Waals surface area contributed by atoms with E-state index in [4.69, 9.17) is 10.2 Å². The van der Waals surface area contributed by atoms with E-state index in [0.29, 0.717) is 5.82 Å². The summed E-state index contributed by atoms with van der Waals surface area (Å²) in [6.07, 6.45) is 1.78. The maximum Gasteiger partial charge on any atom is 0.134 e. The van der Waals surface area contributed by atoms with Crippen molar-refractivity contribution >= 4 is 16.6 Å². The topological polar surface area (TPSA) is 52.0 Å². The van der Waals surface area contributed by atoms with E-state index >= 15 is 0 Å². The molecule has 84 valence electrons. The minimum Gasteiger partial charge on any atom is -0.461 e. The minimum atomic E-state index is 0.533. The molecule has 0 bridgehead atoms. The highest BCUT2D eigenvalue weighted by atomic mass is 16.3. The maximum absolute atomic E-state index is 5.68. The van der Waals surface area contributed by atoms with Gasteiger partial charge in [0.25, 0.3) is 0 Å². The fourth-order valence-electron chi connectivity index (χ4n) is 1.90. The van der Waals surface area contributed by atoms with Crippen LogP contribution in [0.15, 0.2) is 47.0 Å². The highest BCUT2D eigenvalue weighted by Gasteiger charge is 2.04. The van der Waals surface area contributed by atoms with E-state index in [1.807, 2.05) is 37.3 Å². The molecular weight excluding hydrogens is 212 g/mol. The Morgan fingerprint density at radius 2 is 1.94 bits per heavy atom. The summed E-state index contributed by atoms with van der Waals surface area (Å²) in [5, 5.41) is 2.15. The van der Waals surface area contributed by atoms with Crippen LogP contribution in [-0.2, 0) is 0 Å². The van der Waals surface area contributed by atoms with Gasteiger partial charge in [-0.05, 0) is 36.6 Å². The Morgan fingerprint density at radius 1 is 1.06 bits per heavy atom. The number of nitrogens with zero attached hydrogens (tertiary/aromatic N) is 1. The van der Waals surface area contributed by atoms with E-state index in [1.54, 1.807) is 6.20 Å². The van der Waals surface area contributed by atoms with Gasteiger partial charge in [0.2, 0.25) is 0 Å². The van der Waals surface area contributed by atoms with Crippen molar-refractivity contribution in [3.05, 3.63) is 48.4 Å². The van der Waals surface area contributed by atoms with Gasteiger partial charge in [0.05, 0.1) is 0 Å². The standard InChI is InChI=1S/C14H12N2O/c1-9-2-5-13(17-9)10-3-4-11-8-16-14(15)7-12(11)6-10/h2-8H,1H3,(H2,15,16). The molecule has 0 aliphatic rings. The normalized spacial score (nSPS) is 10.9. The summed E-state index contributed by atoms with van der Waals surface area (Å²) in [5.41, 5.74) is 6.73. The van der Waals surface area contributed by atoms with Crippen LogP contribution in [0.1, 0.15) is 5.76 Å². The predicted octanol–water partition coefficient (Wildman–Crippen LogP) is 3.39. The lowest BCUT2D eigenvalue weighted by Gasteiger charge is -2.02. The molecule has 0 atom stereocenters. The molecule has 0 amide bonds. The molecule has 0 aliphatic carbocycles. The summed E-state index contributed by atoms with van der Waals surface area (Å²) in [4.78, 5) is 4.07. The molecule has 2 N–H and O–H groups in total. The summed E-state index contributed by atoms with van der Waals surface area (Å²) in [7, 11) is 0. The summed E-state index contributed by atoms with van der Waals surface area (Å²) >= 11 is 0. The van der Waals surface area contributed by atoms with Crippen molar-refractivity contribution in [2.75, 3.05) is 5.73 Å². The van der Waals surface area contributed by atoms with Gasteiger partial charge >= 0.3 is 0 Å². The summed E-state index contributed by atoms with van der Waals surface area (Å²) < 4.78 is 5.60. The molecule has 2 heterocycles. The summed E-state index contributed by atoms with van der Waals surface area (Å²) in [5.74, 6) is 2.32. The molecule has 1 aromatic carbocycles. The Morgan fingerprint density at radius 3 is 2.71 bits per heavy atom. The first-order chi connectivity index (χ1) is 8.22. The molecule has 17 heavy (non-hydrogen) atoms. The van der Waals surface area contributed by atoms with E-state index < -0.39 is 0 Å². The second kappa shape index (κ2) is 3.63. The number of rotatable bonds is 1. The van der Waals surface area contributed by atoms with Gasteiger partial charge in [0, 0.05) is 17.1 Å². The number of benzene rings is 1. The number of aromatic nitrogens is 1. The van der Waals surface area contributed by atoms with Gasteiger partial charge in [0.15, 0.2) is 0 Å². The van der Waals surface area contributed by atoms with Gasteiger partial charge < -0.3 is 10.2 Å². The second-order valence-electron chi connectivity index (χ2n) is 4.08. The quantitative estimate of drug-likeness (QED) is 0.689. The van der Waals surface area contributed by atoms with Crippen LogP contribution >= 0.6 is 0 Å². The van der Waals surface area contributed by atoms with E-state index in [-0.39, 0.29) is 0 Å². The van der Waals surface area contributed by atoms with Crippen molar-refractivity contribution in [1.29, 1.82) is 0 Å². The number of hydrogen-bond donors (Lipinski definition) is 1. The second-order valence-corrected chi connectivity index (χ2v) is 4.08. The SMILES string of the molecule is Cc1ccc(-c2ccc3cnc(N)cc3c2)o1. The van der Waals surface area contributed by atoms with Gasteiger partial charge in [0.1, 0.15) is 17.3 Å². The van der Waals surface area contributed by atoms with Crippen LogP contribution in [0, 0.1) is 6.92 Å². The molecule has 2 aromatic heterocycles. The molecule has 3 nitrogen and oxygen atoms in total. The van der Waals surface area contributed by atoms with Crippen molar-refractivity contribution < 1.29 is 4.42 Å². The molecule has 0 unspecified atom stereocenters. The van der Waals surface area contributed by atoms with E-state index in [2.05, 4.69) is 11.1 Å². The smallest absolute Gasteiger partial charge is 0.134 e. The lowest BCUT2D eigenvalue weighted by atomic mass is 10.1. The number of pyridine rings is 1. The number of fused-ring (bicyclic) bond motifs is 1. The number of nitrogens with two attached hydrogens (primary N) is 1. The molecule has 0 saturated carbocycles. The number of aryl methyl sites for hydroxylation is 1. The van der Waals surface area contributed by atoms with Crippen molar-refractivity contribution in [3.8, 4) is 11.3 Å². The third-order valence-electron chi connectivity index (χ3n) is 2.77. The van der Waals surface area contributed by atoms with E-state index in [1.165, 1.54) is 0 Å². The first kappa shape index (κ1) is 9.90. The molecule has 3 rings (SSSR count). The molecule has 0 aliphatic heterocycles. The van der Waals surface area contributed by atoms with E-state index in [0.717, 1.165) is 27.9 Å². The van der Waals surface area contributed by atoms with Crippen LogP contribution in [0.25, 0.3) is 22.1 Å². The minimum absolute atomic E-state index is 0.533. The lowest BCUT2D eigenvalue weighted by Crippen LogP contribution is -1.88. The Labute approximate surface area is 98.9 Å². The first-order valence-electron chi connectivity index (χ1n) is 5.44. The van der Waals surface area contributed by atoms with Crippen molar-refractivity contribution in [2.24, 2.45) is 0 Å². The predicted molar refractivity (Wildman–Crippen MR) is 68.6 cm³/mol. The Bertz CT molecular complexity index is 686. The largest absolute Gasteiger partial charge is 0.461 e. The number of anilines is 1. The zero-order chi connectivity index (χ0) is 11.8. The highest BCUT2D eigenvalue weighted by molar-refractivity contribution is 5.87. The van der Waals surface area contributed by atoms with E-state index in [9.17, 15) is 0 Å². The van der Waals surface area contributed by atoms with Gasteiger partial charge in [-0.25, -0.2) is 4.98 Å². The summed E-state index contributed by atoms with van der Waals surface area (Å²) in [6.45, 7) is 1.94. The van der Waals surface area contributed by atoms with Crippen LogP contribution in [0.5, 0.6) is 0 Å². The van der Waals surface area contributed by atoms with Crippen LogP contribution in [0.2, 0.25) is 0 Å². The van der Waals surface area contributed by atoms with Crippen molar-refractivity contribution in [2.45, 2.75) is 6.92 Å². The monoisotopic (exact) mass is 224 g/mol. The molecular formula is C14H12N2O. The fraction of sp³-hybridized carbons (Fsp3) is 0.0714. The van der Waals surface area contributed by atoms with Gasteiger partial charge in [-0.1, -0.05) is 12.1 Å². The Balaban J connectivity index is 2.18. The average molecular weight is 224 g/mol. The third-order valence-corrected chi connectivity index (χ3v) is 2.77. The number of hydrogen-bond acceptors (Lipinski definition) is 3. The molecule has 0 radical (unpaired) electrons. The van der Waals surface area contributed by atoms with Crippen LogP contribution in [-0.4, -0.2) is 4.98 Å². The number of nitrogen functional groups attached to an aromatic ring is 1. The Hall–Kier alpha value is -2.29. The maximum atomic E-state index is 5.68. The van der Waals surface area contributed by atoms with Crippen molar-refractivity contribution in [3.63, 3.8) is 0 Å². The molecule has 3 heteroatoms. The number of furan rings is 1. The molecule has 0 spiro atoms. The zero-order valence-electron chi connectivity index (χ0n) is 9.47. The van der Waals surface area contributed by atoms with Crippen molar-refractivity contribution in [1.82, 2.24) is 4.98 Å². The summed E-state index contributed by atoms with van der Waals surface area (Å²) in [6, 6.07) is 11.9. The molecule has 3 aromatic rings. The lowest BCUT2D eigenvalue weighted by molar-refractivity contribution is 0.548. The average Bonchev–Trinajstić information content (AvgIpc) is 2.75. The van der Waals surface area contributed by atoms with Gasteiger partial charge in [-0.2, -0.15) is 0 Å². The van der Waals surface area contributed by atoms with Gasteiger partial charge in [-0.15, -0.1) is 0 Å². The highest BCUT2D eigenvalue weighted by Crippen LogP contribution is 2.26. The Kier molecular flexibility index (Phi) is 2.11. The fourth-order valence-corrected chi connectivity index (χ4v) is 1.90. The molecule has 0 saturated heterocycles. The van der Waals surface area contributed by atoms with Crippen LogP contribution in [0.3, 0.4) is 0 Å². The van der Waals surface area contributed by atoms with Gasteiger partial charge in [-0.3, -0.25) is 0 Å². The van der Waals surface area contributed by atoms with Crippen LogP contribution < -0.4 is 5.73 Å². The first-order valence-corrected chi connectivity index (χ1v) is 5.44. The zero-order valence-corrected chi connectivity index (χ0v) is 9.47. The molecule has 0 fully saturated rings. The van der Waals surface area contributed by atoms with Crippen LogP contribution in [0.4, 0.5) is 5.82 Å².